The van der Waals surface area contributed by atoms with Crippen molar-refractivity contribution in [1.82, 2.24) is 4.90 Å². The molecule has 0 radical (unpaired) electrons. The number of rotatable bonds is 6. The van der Waals surface area contributed by atoms with Gasteiger partial charge in [-0.2, -0.15) is 0 Å². The first-order chi connectivity index (χ1) is 9.74. The van der Waals surface area contributed by atoms with Crippen LogP contribution in [0.15, 0.2) is 36.0 Å². The predicted octanol–water partition coefficient (Wildman–Crippen LogP) is 3.72. The number of hydrogen-bond donors (Lipinski definition) is 0. The quantitative estimate of drug-likeness (QED) is 0.591. The van der Waals surface area contributed by atoms with Crippen molar-refractivity contribution in [2.24, 2.45) is 0 Å². The van der Waals surface area contributed by atoms with Gasteiger partial charge >= 0.3 is 0 Å². The number of likely N-dealkylation sites (tertiary alicyclic amines) is 1. The molecule has 0 saturated carbocycles. The van der Waals surface area contributed by atoms with Crippen molar-refractivity contribution < 1.29 is 9.53 Å². The Hall–Kier alpha value is -1.48. The SMILES string of the molecule is COc1cccc(CN2C(=O)CC/C2=C/CCCCl)c1. The molecule has 2 rings (SSSR count). The third-order valence-corrected chi connectivity index (χ3v) is 3.70. The minimum atomic E-state index is 0.199. The van der Waals surface area contributed by atoms with Crippen LogP contribution in [0.4, 0.5) is 0 Å². The second kappa shape index (κ2) is 7.34. The predicted molar refractivity (Wildman–Crippen MR) is 80.8 cm³/mol. The standard InChI is InChI=1S/C16H20ClNO2/c1-20-15-7-4-5-13(11-15)12-18-14(6-2-3-10-17)8-9-16(18)19/h4-7,11H,2-3,8-10,12H2,1H3/b14-6-. The molecule has 1 amide bonds. The summed E-state index contributed by atoms with van der Waals surface area (Å²) in [5, 5.41) is 0. The number of carbonyl (C=O) groups excluding carboxylic acids is 1. The minimum Gasteiger partial charge on any atom is -0.497 e. The van der Waals surface area contributed by atoms with Crippen molar-refractivity contribution in [3.8, 4) is 5.75 Å². The summed E-state index contributed by atoms with van der Waals surface area (Å²) in [7, 11) is 1.65. The highest BCUT2D eigenvalue weighted by Gasteiger charge is 2.25. The molecule has 1 aliphatic rings. The maximum Gasteiger partial charge on any atom is 0.227 e. The fraction of sp³-hybridized carbons (Fsp3) is 0.438. The maximum atomic E-state index is 12.0. The topological polar surface area (TPSA) is 29.5 Å². The van der Waals surface area contributed by atoms with E-state index in [0.29, 0.717) is 18.8 Å². The lowest BCUT2D eigenvalue weighted by molar-refractivity contribution is -0.127. The van der Waals surface area contributed by atoms with E-state index in [1.807, 2.05) is 29.2 Å². The molecule has 0 unspecified atom stereocenters. The second-order valence-electron chi connectivity index (χ2n) is 4.86. The van der Waals surface area contributed by atoms with Crippen LogP contribution in [0.5, 0.6) is 5.75 Å². The average Bonchev–Trinajstić information content (AvgIpc) is 2.81. The van der Waals surface area contributed by atoms with E-state index < -0.39 is 0 Å². The lowest BCUT2D eigenvalue weighted by Gasteiger charge is -2.18. The second-order valence-corrected chi connectivity index (χ2v) is 5.24. The third-order valence-electron chi connectivity index (χ3n) is 3.44. The molecule has 0 spiro atoms. The van der Waals surface area contributed by atoms with E-state index in [1.54, 1.807) is 7.11 Å². The average molecular weight is 294 g/mol. The Kier molecular flexibility index (Phi) is 5.48. The first-order valence-electron chi connectivity index (χ1n) is 6.93. The van der Waals surface area contributed by atoms with Gasteiger partial charge < -0.3 is 9.64 Å². The third kappa shape index (κ3) is 3.76. The number of amides is 1. The molecule has 1 saturated heterocycles. The smallest absolute Gasteiger partial charge is 0.227 e. The minimum absolute atomic E-state index is 0.199. The summed E-state index contributed by atoms with van der Waals surface area (Å²) in [6.45, 7) is 0.614. The molecular weight excluding hydrogens is 274 g/mol. The Bertz CT molecular complexity index is 499. The maximum absolute atomic E-state index is 12.0. The number of carbonyl (C=O) groups is 1. The van der Waals surface area contributed by atoms with Gasteiger partial charge in [0.15, 0.2) is 0 Å². The van der Waals surface area contributed by atoms with Crippen molar-refractivity contribution in [2.45, 2.75) is 32.2 Å². The van der Waals surface area contributed by atoms with Crippen molar-refractivity contribution in [1.29, 1.82) is 0 Å². The first-order valence-corrected chi connectivity index (χ1v) is 7.46. The van der Waals surface area contributed by atoms with Crippen molar-refractivity contribution >= 4 is 17.5 Å². The summed E-state index contributed by atoms with van der Waals surface area (Å²) < 4.78 is 5.22. The van der Waals surface area contributed by atoms with Gasteiger partial charge in [-0.05, 0) is 37.0 Å². The summed E-state index contributed by atoms with van der Waals surface area (Å²) in [6.07, 6.45) is 5.47. The number of methoxy groups -OCH3 is 1. The van der Waals surface area contributed by atoms with E-state index in [4.69, 9.17) is 16.3 Å². The molecule has 20 heavy (non-hydrogen) atoms. The van der Waals surface area contributed by atoms with Gasteiger partial charge in [-0.25, -0.2) is 0 Å². The molecule has 1 fully saturated rings. The molecule has 3 nitrogen and oxygen atoms in total. The first kappa shape index (κ1) is 14.9. The van der Waals surface area contributed by atoms with E-state index in [0.717, 1.165) is 36.3 Å². The number of benzene rings is 1. The van der Waals surface area contributed by atoms with E-state index >= 15 is 0 Å². The summed E-state index contributed by atoms with van der Waals surface area (Å²) in [6, 6.07) is 7.85. The van der Waals surface area contributed by atoms with Crippen LogP contribution in [0.1, 0.15) is 31.2 Å². The Morgan fingerprint density at radius 1 is 1.40 bits per heavy atom. The van der Waals surface area contributed by atoms with Crippen LogP contribution in [0.25, 0.3) is 0 Å². The molecule has 0 aliphatic carbocycles. The molecule has 0 atom stereocenters. The zero-order valence-corrected chi connectivity index (χ0v) is 12.5. The van der Waals surface area contributed by atoms with E-state index in [-0.39, 0.29) is 5.91 Å². The number of unbranched alkanes of at least 4 members (excludes halogenated alkanes) is 1. The van der Waals surface area contributed by atoms with E-state index in [1.165, 1.54) is 0 Å². The summed E-state index contributed by atoms with van der Waals surface area (Å²) in [5.41, 5.74) is 2.21. The van der Waals surface area contributed by atoms with Crippen LogP contribution in [0.3, 0.4) is 0 Å². The number of ether oxygens (including phenoxy) is 1. The van der Waals surface area contributed by atoms with Crippen LogP contribution in [0.2, 0.25) is 0 Å². The molecule has 1 heterocycles. The van der Waals surface area contributed by atoms with Gasteiger partial charge in [-0.15, -0.1) is 11.6 Å². The molecule has 0 N–H and O–H groups in total. The van der Waals surface area contributed by atoms with Crippen LogP contribution in [-0.4, -0.2) is 23.8 Å². The van der Waals surface area contributed by atoms with Crippen LogP contribution < -0.4 is 4.74 Å². The lowest BCUT2D eigenvalue weighted by Crippen LogP contribution is -2.22. The van der Waals surface area contributed by atoms with Crippen LogP contribution in [0, 0.1) is 0 Å². The fourth-order valence-electron chi connectivity index (χ4n) is 2.37. The number of nitrogens with zero attached hydrogens (tertiary/aromatic N) is 1. The van der Waals surface area contributed by atoms with Crippen molar-refractivity contribution in [2.75, 3.05) is 13.0 Å². The molecule has 1 aromatic carbocycles. The largest absolute Gasteiger partial charge is 0.497 e. The summed E-state index contributed by atoms with van der Waals surface area (Å²) in [5.74, 6) is 1.68. The zero-order chi connectivity index (χ0) is 14.4. The van der Waals surface area contributed by atoms with Gasteiger partial charge in [0.05, 0.1) is 13.7 Å². The number of hydrogen-bond acceptors (Lipinski definition) is 2. The molecule has 1 aliphatic heterocycles. The fourth-order valence-corrected chi connectivity index (χ4v) is 2.52. The Morgan fingerprint density at radius 3 is 3.00 bits per heavy atom. The van der Waals surface area contributed by atoms with Gasteiger partial charge in [0.25, 0.3) is 0 Å². The van der Waals surface area contributed by atoms with Crippen LogP contribution >= 0.6 is 11.6 Å². The highest BCUT2D eigenvalue weighted by molar-refractivity contribution is 6.17. The summed E-state index contributed by atoms with van der Waals surface area (Å²) >= 11 is 5.69. The van der Waals surface area contributed by atoms with Gasteiger partial charge in [-0.3, -0.25) is 4.79 Å². The lowest BCUT2D eigenvalue weighted by atomic mass is 10.2. The molecule has 108 valence electrons. The molecule has 4 heteroatoms. The van der Waals surface area contributed by atoms with Crippen molar-refractivity contribution in [3.05, 3.63) is 41.6 Å². The number of halogens is 1. The zero-order valence-electron chi connectivity index (χ0n) is 11.8. The normalized spacial score (nSPS) is 17.0. The number of alkyl halides is 1. The molecule has 0 bridgehead atoms. The Morgan fingerprint density at radius 2 is 2.25 bits per heavy atom. The van der Waals surface area contributed by atoms with E-state index in [9.17, 15) is 4.79 Å². The Labute approximate surface area is 125 Å². The monoisotopic (exact) mass is 293 g/mol. The van der Waals surface area contributed by atoms with E-state index in [2.05, 4.69) is 6.08 Å². The van der Waals surface area contributed by atoms with Crippen molar-refractivity contribution in [3.63, 3.8) is 0 Å². The molecule has 1 aromatic rings. The highest BCUT2D eigenvalue weighted by Crippen LogP contribution is 2.26. The number of allylic oxidation sites excluding steroid dienone is 2. The molecule has 0 aromatic heterocycles. The molecular formula is C16H20ClNO2. The van der Waals surface area contributed by atoms with Crippen LogP contribution in [-0.2, 0) is 11.3 Å². The van der Waals surface area contributed by atoms with Gasteiger partial charge in [0, 0.05) is 18.0 Å². The highest BCUT2D eigenvalue weighted by atomic mass is 35.5. The Balaban J connectivity index is 2.08. The van der Waals surface area contributed by atoms with Gasteiger partial charge in [0.2, 0.25) is 5.91 Å². The van der Waals surface area contributed by atoms with Gasteiger partial charge in [0.1, 0.15) is 5.75 Å². The van der Waals surface area contributed by atoms with Gasteiger partial charge in [-0.1, -0.05) is 18.2 Å². The summed E-state index contributed by atoms with van der Waals surface area (Å²) in [4.78, 5) is 13.9.